The highest BCUT2D eigenvalue weighted by molar-refractivity contribution is 5.87. The molecule has 0 N–H and O–H groups in total. The topological polar surface area (TPSA) is 21.6 Å². The van der Waals surface area contributed by atoms with Gasteiger partial charge < -0.3 is 4.74 Å². The minimum atomic E-state index is 0.660. The van der Waals surface area contributed by atoms with Crippen molar-refractivity contribution < 1.29 is 4.74 Å². The summed E-state index contributed by atoms with van der Waals surface area (Å²) in [6.07, 6.45) is 3.69. The van der Waals surface area contributed by atoms with Crippen LogP contribution in [0.1, 0.15) is 6.92 Å². The fourth-order valence-electron chi connectivity index (χ4n) is 0.376. The van der Waals surface area contributed by atoms with E-state index in [9.17, 15) is 0 Å². The van der Waals surface area contributed by atoms with E-state index in [-0.39, 0.29) is 0 Å². The van der Waals surface area contributed by atoms with Gasteiger partial charge in [0.25, 0.3) is 0 Å². The Morgan fingerprint density at radius 3 is 2.38 bits per heavy atom. The maximum absolute atomic E-state index is 4.80. The molecule has 0 atom stereocenters. The number of rotatable bonds is 1. The predicted octanol–water partition coefficient (Wildman–Crippen LogP) is 1.24. The number of aliphatic imine (C=N–C) groups is 1. The molecule has 0 radical (unpaired) electrons. The third-order valence-electron chi connectivity index (χ3n) is 0.739. The number of ether oxygens (including phenoxy) is 1. The monoisotopic (exact) mass is 113 g/mol. The summed E-state index contributed by atoms with van der Waals surface area (Å²) in [7, 11) is 3.29. The second-order valence-corrected chi connectivity index (χ2v) is 1.27. The van der Waals surface area contributed by atoms with E-state index >= 15 is 0 Å². The van der Waals surface area contributed by atoms with Crippen LogP contribution >= 0.6 is 0 Å². The molecule has 0 aromatic heterocycles. The average Bonchev–Trinajstić information content (AvgIpc) is 1.83. The predicted molar refractivity (Wildman–Crippen MR) is 35.2 cm³/mol. The van der Waals surface area contributed by atoms with Gasteiger partial charge in [0.05, 0.1) is 7.11 Å². The van der Waals surface area contributed by atoms with E-state index < -0.39 is 0 Å². The van der Waals surface area contributed by atoms with E-state index in [0.29, 0.717) is 5.90 Å². The third kappa shape index (κ3) is 2.39. The number of methoxy groups -OCH3 is 1. The molecule has 0 aliphatic carbocycles. The molecule has 2 nitrogen and oxygen atoms in total. The van der Waals surface area contributed by atoms with Crippen LogP contribution in [0.2, 0.25) is 0 Å². The van der Waals surface area contributed by atoms with Crippen molar-refractivity contribution >= 4 is 5.90 Å². The van der Waals surface area contributed by atoms with Gasteiger partial charge in [-0.05, 0) is 13.0 Å². The SMILES string of the molecule is C/C=C\C(=NC)OC. The number of hydrogen-bond acceptors (Lipinski definition) is 2. The van der Waals surface area contributed by atoms with Crippen molar-refractivity contribution in [1.29, 1.82) is 0 Å². The summed E-state index contributed by atoms with van der Waals surface area (Å²) in [6, 6.07) is 0. The molecule has 0 aromatic rings. The Morgan fingerprint density at radius 1 is 1.62 bits per heavy atom. The van der Waals surface area contributed by atoms with Crippen LogP contribution in [0, 0.1) is 0 Å². The first-order valence-corrected chi connectivity index (χ1v) is 2.48. The van der Waals surface area contributed by atoms with Gasteiger partial charge >= 0.3 is 0 Å². The van der Waals surface area contributed by atoms with Crippen LogP contribution in [0.15, 0.2) is 17.1 Å². The molecule has 0 fully saturated rings. The molecule has 0 unspecified atom stereocenters. The smallest absolute Gasteiger partial charge is 0.207 e. The van der Waals surface area contributed by atoms with E-state index in [0.717, 1.165) is 0 Å². The van der Waals surface area contributed by atoms with Crippen LogP contribution in [0.4, 0.5) is 0 Å². The van der Waals surface area contributed by atoms with Crippen molar-refractivity contribution in [3.8, 4) is 0 Å². The summed E-state index contributed by atoms with van der Waals surface area (Å²) in [6.45, 7) is 1.92. The number of allylic oxidation sites excluding steroid dienone is 1. The molecule has 0 saturated heterocycles. The summed E-state index contributed by atoms with van der Waals surface area (Å²) < 4.78 is 4.80. The maximum atomic E-state index is 4.80. The molecule has 0 heterocycles. The first-order valence-electron chi connectivity index (χ1n) is 2.48. The van der Waals surface area contributed by atoms with Crippen LogP contribution in [0.3, 0.4) is 0 Å². The van der Waals surface area contributed by atoms with Crippen molar-refractivity contribution in [2.45, 2.75) is 6.92 Å². The molecule has 2 heteroatoms. The van der Waals surface area contributed by atoms with Crippen molar-refractivity contribution in [3.63, 3.8) is 0 Å². The molecule has 8 heavy (non-hydrogen) atoms. The highest BCUT2D eigenvalue weighted by Crippen LogP contribution is 1.79. The van der Waals surface area contributed by atoms with Gasteiger partial charge in [-0.1, -0.05) is 6.08 Å². The Hall–Kier alpha value is -0.790. The van der Waals surface area contributed by atoms with Crippen LogP contribution in [0.5, 0.6) is 0 Å². The van der Waals surface area contributed by atoms with Crippen LogP contribution in [0.25, 0.3) is 0 Å². The summed E-state index contributed by atoms with van der Waals surface area (Å²) in [4.78, 5) is 3.80. The molecular weight excluding hydrogens is 102 g/mol. The normalized spacial score (nSPS) is 12.6. The zero-order valence-electron chi connectivity index (χ0n) is 5.51. The summed E-state index contributed by atoms with van der Waals surface area (Å²) >= 11 is 0. The fourth-order valence-corrected chi connectivity index (χ4v) is 0.376. The zero-order chi connectivity index (χ0) is 6.41. The third-order valence-corrected chi connectivity index (χ3v) is 0.739. The van der Waals surface area contributed by atoms with Crippen molar-refractivity contribution in [2.75, 3.05) is 14.2 Å². The van der Waals surface area contributed by atoms with Gasteiger partial charge in [-0.3, -0.25) is 4.99 Å². The largest absolute Gasteiger partial charge is 0.481 e. The van der Waals surface area contributed by atoms with E-state index in [2.05, 4.69) is 4.99 Å². The second-order valence-electron chi connectivity index (χ2n) is 1.27. The molecule has 0 amide bonds. The Morgan fingerprint density at radius 2 is 2.25 bits per heavy atom. The summed E-state index contributed by atoms with van der Waals surface area (Å²) in [5, 5.41) is 0. The molecule has 0 bridgehead atoms. The van der Waals surface area contributed by atoms with Gasteiger partial charge in [0.1, 0.15) is 0 Å². The Bertz CT molecular complexity index is 102. The molecule has 0 aliphatic rings. The molecule has 0 saturated carbocycles. The van der Waals surface area contributed by atoms with Crippen LogP contribution < -0.4 is 0 Å². The summed E-state index contributed by atoms with van der Waals surface area (Å²) in [5.41, 5.74) is 0. The minimum absolute atomic E-state index is 0.660. The fraction of sp³-hybridized carbons (Fsp3) is 0.500. The van der Waals surface area contributed by atoms with Gasteiger partial charge in [-0.2, -0.15) is 0 Å². The van der Waals surface area contributed by atoms with Crippen molar-refractivity contribution in [3.05, 3.63) is 12.2 Å². The van der Waals surface area contributed by atoms with Crippen molar-refractivity contribution in [1.82, 2.24) is 0 Å². The standard InChI is InChI=1S/C6H11NO/c1-4-5-6(7-2)8-3/h4-5H,1-3H3/b5-4-,7-6?. The van der Waals surface area contributed by atoms with E-state index in [4.69, 9.17) is 4.74 Å². The maximum Gasteiger partial charge on any atom is 0.207 e. The van der Waals surface area contributed by atoms with E-state index in [1.54, 1.807) is 20.2 Å². The highest BCUT2D eigenvalue weighted by atomic mass is 16.5. The average molecular weight is 113 g/mol. The molecule has 0 aliphatic heterocycles. The van der Waals surface area contributed by atoms with Gasteiger partial charge in [-0.25, -0.2) is 0 Å². The molecular formula is C6H11NO. The lowest BCUT2D eigenvalue weighted by Crippen LogP contribution is -1.94. The van der Waals surface area contributed by atoms with E-state index in [1.807, 2.05) is 13.0 Å². The minimum Gasteiger partial charge on any atom is -0.481 e. The lowest BCUT2D eigenvalue weighted by molar-refractivity contribution is 0.406. The quantitative estimate of drug-likeness (QED) is 0.370. The molecule has 0 spiro atoms. The first kappa shape index (κ1) is 7.21. The molecule has 46 valence electrons. The van der Waals surface area contributed by atoms with E-state index in [1.165, 1.54) is 0 Å². The highest BCUT2D eigenvalue weighted by Gasteiger charge is 1.82. The lowest BCUT2D eigenvalue weighted by atomic mass is 10.5. The Kier molecular flexibility index (Phi) is 3.94. The number of hydrogen-bond donors (Lipinski definition) is 0. The van der Waals surface area contributed by atoms with Crippen molar-refractivity contribution in [2.24, 2.45) is 4.99 Å². The number of nitrogens with zero attached hydrogens (tertiary/aromatic N) is 1. The molecule has 0 aromatic carbocycles. The van der Waals surface area contributed by atoms with Gasteiger partial charge in [0.15, 0.2) is 0 Å². The molecule has 0 rings (SSSR count). The van der Waals surface area contributed by atoms with Gasteiger partial charge in [-0.15, -0.1) is 0 Å². The first-order chi connectivity index (χ1) is 3.85. The van der Waals surface area contributed by atoms with Crippen LogP contribution in [-0.4, -0.2) is 20.1 Å². The lowest BCUT2D eigenvalue weighted by Gasteiger charge is -1.93. The Balaban J connectivity index is 3.72. The van der Waals surface area contributed by atoms with Gasteiger partial charge in [0, 0.05) is 7.05 Å². The second kappa shape index (κ2) is 4.37. The van der Waals surface area contributed by atoms with Crippen LogP contribution in [-0.2, 0) is 4.74 Å². The Labute approximate surface area is 49.9 Å². The summed E-state index contributed by atoms with van der Waals surface area (Å²) in [5.74, 6) is 0.660. The zero-order valence-corrected chi connectivity index (χ0v) is 5.51. The van der Waals surface area contributed by atoms with Gasteiger partial charge in [0.2, 0.25) is 5.90 Å².